The predicted octanol–water partition coefficient (Wildman–Crippen LogP) is 2.64. The van der Waals surface area contributed by atoms with E-state index in [9.17, 15) is 4.79 Å². The Labute approximate surface area is 138 Å². The Morgan fingerprint density at radius 2 is 2.13 bits per heavy atom. The normalized spacial score (nSPS) is 18.5. The maximum absolute atomic E-state index is 11.9. The van der Waals surface area contributed by atoms with E-state index < -0.39 is 5.60 Å². The van der Waals surface area contributed by atoms with Crippen molar-refractivity contribution in [1.29, 1.82) is 0 Å². The van der Waals surface area contributed by atoms with Crippen molar-refractivity contribution in [1.82, 2.24) is 10.3 Å². The van der Waals surface area contributed by atoms with Gasteiger partial charge in [-0.2, -0.15) is 0 Å². The van der Waals surface area contributed by atoms with Gasteiger partial charge in [0.15, 0.2) is 0 Å². The van der Waals surface area contributed by atoms with Crippen molar-refractivity contribution in [2.45, 2.75) is 45.3 Å². The largest absolute Gasteiger partial charge is 0.444 e. The second-order valence-corrected chi connectivity index (χ2v) is 7.20. The number of anilines is 2. The van der Waals surface area contributed by atoms with Gasteiger partial charge in [0.05, 0.1) is 11.9 Å². The summed E-state index contributed by atoms with van der Waals surface area (Å²) in [6.45, 7) is 7.38. The molecule has 0 saturated carbocycles. The van der Waals surface area contributed by atoms with Gasteiger partial charge in [-0.1, -0.05) is 0 Å². The first-order valence-corrected chi connectivity index (χ1v) is 8.12. The fourth-order valence-corrected chi connectivity index (χ4v) is 2.63. The first-order chi connectivity index (χ1) is 10.7. The Bertz CT molecular complexity index is 522. The molecule has 128 valence electrons. The molecule has 1 atom stereocenters. The molecule has 1 aromatic rings. The number of hydrogen-bond donors (Lipinski definition) is 1. The van der Waals surface area contributed by atoms with Crippen LogP contribution < -0.4 is 15.1 Å². The minimum Gasteiger partial charge on any atom is -0.444 e. The molecule has 6 nitrogen and oxygen atoms in total. The minimum absolute atomic E-state index is 0.104. The predicted molar refractivity (Wildman–Crippen MR) is 93.2 cm³/mol. The molecule has 0 aromatic carbocycles. The molecule has 1 aliphatic heterocycles. The van der Waals surface area contributed by atoms with Crippen molar-refractivity contribution < 1.29 is 9.53 Å². The highest BCUT2D eigenvalue weighted by atomic mass is 16.6. The van der Waals surface area contributed by atoms with Gasteiger partial charge in [-0.15, -0.1) is 0 Å². The Hall–Kier alpha value is -1.98. The van der Waals surface area contributed by atoms with Crippen molar-refractivity contribution >= 4 is 17.6 Å². The van der Waals surface area contributed by atoms with Crippen LogP contribution in [0.4, 0.5) is 16.3 Å². The molecule has 0 bridgehead atoms. The molecule has 1 aromatic heterocycles. The number of aromatic nitrogens is 1. The summed E-state index contributed by atoms with van der Waals surface area (Å²) in [5.74, 6) is 0.939. The van der Waals surface area contributed by atoms with Gasteiger partial charge >= 0.3 is 6.09 Å². The lowest BCUT2D eigenvalue weighted by molar-refractivity contribution is 0.0500. The topological polar surface area (TPSA) is 57.7 Å². The molecule has 6 heteroatoms. The second-order valence-electron chi connectivity index (χ2n) is 7.20. The molecule has 1 N–H and O–H groups in total. The van der Waals surface area contributed by atoms with E-state index in [2.05, 4.69) is 21.3 Å². The number of amides is 1. The van der Waals surface area contributed by atoms with Crippen LogP contribution in [0.15, 0.2) is 18.3 Å². The van der Waals surface area contributed by atoms with E-state index >= 15 is 0 Å². The number of ether oxygens (including phenoxy) is 1. The van der Waals surface area contributed by atoms with Crippen molar-refractivity contribution in [2.24, 2.45) is 0 Å². The summed E-state index contributed by atoms with van der Waals surface area (Å²) in [4.78, 5) is 20.6. The standard InChI is InChI=1S/C17H28N4O2/c1-17(2,3)23-16(22)19-13-7-6-10-21(12-13)14-8-9-15(18-11-14)20(4)5/h8-9,11,13H,6-7,10,12H2,1-5H3,(H,19,22)/t13-/m0/s1. The van der Waals surface area contributed by atoms with E-state index in [1.807, 2.05) is 52.0 Å². The molecular weight excluding hydrogens is 292 g/mol. The van der Waals surface area contributed by atoms with Crippen LogP contribution in [-0.4, -0.2) is 49.9 Å². The number of pyridine rings is 1. The van der Waals surface area contributed by atoms with Crippen LogP contribution in [0.1, 0.15) is 33.6 Å². The molecule has 2 rings (SSSR count). The zero-order valence-electron chi connectivity index (χ0n) is 14.8. The summed E-state index contributed by atoms with van der Waals surface area (Å²) in [7, 11) is 3.95. The summed E-state index contributed by atoms with van der Waals surface area (Å²) in [5, 5.41) is 2.97. The number of nitrogens with one attached hydrogen (secondary N) is 1. The number of carbonyl (C=O) groups is 1. The van der Waals surface area contributed by atoms with Crippen molar-refractivity contribution in [3.05, 3.63) is 18.3 Å². The number of nitrogens with zero attached hydrogens (tertiary/aromatic N) is 3. The van der Waals surface area contributed by atoms with E-state index in [1.54, 1.807) is 0 Å². The maximum atomic E-state index is 11.9. The van der Waals surface area contributed by atoms with Crippen molar-refractivity contribution in [2.75, 3.05) is 37.0 Å². The molecule has 23 heavy (non-hydrogen) atoms. The van der Waals surface area contributed by atoms with Crippen LogP contribution in [0.2, 0.25) is 0 Å². The summed E-state index contributed by atoms with van der Waals surface area (Å²) in [6, 6.07) is 4.20. The average Bonchev–Trinajstić information content (AvgIpc) is 2.45. The minimum atomic E-state index is -0.468. The monoisotopic (exact) mass is 320 g/mol. The number of hydrogen-bond acceptors (Lipinski definition) is 5. The van der Waals surface area contributed by atoms with Gasteiger partial charge in [-0.05, 0) is 45.7 Å². The van der Waals surface area contributed by atoms with Gasteiger partial charge in [-0.3, -0.25) is 0 Å². The van der Waals surface area contributed by atoms with Gasteiger partial charge in [0.25, 0.3) is 0 Å². The lowest BCUT2D eigenvalue weighted by Gasteiger charge is -2.35. The molecule has 1 saturated heterocycles. The molecule has 1 amide bonds. The van der Waals surface area contributed by atoms with E-state index in [0.29, 0.717) is 0 Å². The summed E-state index contributed by atoms with van der Waals surface area (Å²) < 4.78 is 5.34. The number of rotatable bonds is 3. The average molecular weight is 320 g/mol. The third-order valence-corrected chi connectivity index (χ3v) is 3.70. The fraction of sp³-hybridized carbons (Fsp3) is 0.647. The summed E-state index contributed by atoms with van der Waals surface area (Å²) in [6.07, 6.45) is 3.56. The Morgan fingerprint density at radius 3 is 2.70 bits per heavy atom. The first kappa shape index (κ1) is 17.4. The zero-order valence-corrected chi connectivity index (χ0v) is 14.8. The van der Waals surface area contributed by atoms with Crippen molar-refractivity contribution in [3.8, 4) is 0 Å². The molecule has 0 unspecified atom stereocenters. The number of carbonyl (C=O) groups excluding carboxylic acids is 1. The quantitative estimate of drug-likeness (QED) is 0.928. The van der Waals surface area contributed by atoms with Gasteiger partial charge in [0.2, 0.25) is 0 Å². The number of alkyl carbamates (subject to hydrolysis) is 1. The van der Waals surface area contributed by atoms with Crippen LogP contribution in [0.25, 0.3) is 0 Å². The first-order valence-electron chi connectivity index (χ1n) is 8.12. The molecule has 0 radical (unpaired) electrons. The third-order valence-electron chi connectivity index (χ3n) is 3.70. The zero-order chi connectivity index (χ0) is 17.0. The van der Waals surface area contributed by atoms with Gasteiger partial charge < -0.3 is 19.9 Å². The van der Waals surface area contributed by atoms with E-state index in [0.717, 1.165) is 37.4 Å². The van der Waals surface area contributed by atoms with E-state index in [4.69, 9.17) is 4.74 Å². The van der Waals surface area contributed by atoms with Crippen LogP contribution in [-0.2, 0) is 4.74 Å². The molecule has 1 fully saturated rings. The third kappa shape index (κ3) is 5.30. The van der Waals surface area contributed by atoms with Crippen LogP contribution in [0, 0.1) is 0 Å². The highest BCUT2D eigenvalue weighted by molar-refractivity contribution is 5.68. The highest BCUT2D eigenvalue weighted by Gasteiger charge is 2.24. The number of piperidine rings is 1. The Kier molecular flexibility index (Phi) is 5.34. The van der Waals surface area contributed by atoms with Crippen LogP contribution in [0.5, 0.6) is 0 Å². The maximum Gasteiger partial charge on any atom is 0.407 e. The fourth-order valence-electron chi connectivity index (χ4n) is 2.63. The SMILES string of the molecule is CN(C)c1ccc(N2CCC[C@H](NC(=O)OC(C)(C)C)C2)cn1. The highest BCUT2D eigenvalue weighted by Crippen LogP contribution is 2.21. The molecule has 1 aliphatic rings. The molecule has 0 aliphatic carbocycles. The van der Waals surface area contributed by atoms with Crippen LogP contribution >= 0.6 is 0 Å². The summed E-state index contributed by atoms with van der Waals surface area (Å²) >= 11 is 0. The van der Waals surface area contributed by atoms with Crippen LogP contribution in [0.3, 0.4) is 0 Å². The van der Waals surface area contributed by atoms with Gasteiger partial charge in [0, 0.05) is 33.2 Å². The molecular formula is C17H28N4O2. The summed E-state index contributed by atoms with van der Waals surface area (Å²) in [5.41, 5.74) is 0.621. The molecule has 2 heterocycles. The van der Waals surface area contributed by atoms with E-state index in [-0.39, 0.29) is 12.1 Å². The lowest BCUT2D eigenvalue weighted by Crippen LogP contribution is -2.49. The molecule has 0 spiro atoms. The van der Waals surface area contributed by atoms with E-state index in [1.165, 1.54) is 0 Å². The Balaban J connectivity index is 1.94. The lowest BCUT2D eigenvalue weighted by atomic mass is 10.1. The van der Waals surface area contributed by atoms with Gasteiger partial charge in [-0.25, -0.2) is 9.78 Å². The van der Waals surface area contributed by atoms with Crippen molar-refractivity contribution in [3.63, 3.8) is 0 Å². The Morgan fingerprint density at radius 1 is 1.39 bits per heavy atom. The second kappa shape index (κ2) is 7.06. The smallest absolute Gasteiger partial charge is 0.407 e. The van der Waals surface area contributed by atoms with Gasteiger partial charge in [0.1, 0.15) is 11.4 Å².